The van der Waals surface area contributed by atoms with Crippen molar-refractivity contribution in [1.29, 1.82) is 0 Å². The number of carbonyl (C=O) groups is 2. The molecule has 1 amide bonds. The maximum Gasteiger partial charge on any atom is 0.323 e. The number of hydrogen-bond acceptors (Lipinski definition) is 3. The fourth-order valence-corrected chi connectivity index (χ4v) is 2.13. The largest absolute Gasteiger partial charge is 0.480 e. The molecule has 1 unspecified atom stereocenters. The fourth-order valence-electron chi connectivity index (χ4n) is 2.13. The standard InChI is InChI=1S/C13H24N2O3/c1-9(2)5-11(6-14)13(18)15(8-12(16)17)7-10-3-4-10/h9-11H,3-8,14H2,1-2H3,(H,16,17). The number of rotatable bonds is 8. The molecule has 0 heterocycles. The summed E-state index contributed by atoms with van der Waals surface area (Å²) in [5.41, 5.74) is 5.64. The first-order chi connectivity index (χ1) is 8.43. The molecule has 0 aromatic carbocycles. The number of hydrogen-bond donors (Lipinski definition) is 2. The van der Waals surface area contributed by atoms with Crippen molar-refractivity contribution < 1.29 is 14.7 Å². The molecule has 0 spiro atoms. The van der Waals surface area contributed by atoms with Crippen LogP contribution in [0.2, 0.25) is 0 Å². The molecule has 0 bridgehead atoms. The number of amides is 1. The SMILES string of the molecule is CC(C)CC(CN)C(=O)N(CC(=O)O)CC1CC1. The topological polar surface area (TPSA) is 83.6 Å². The maximum atomic E-state index is 12.3. The third-order valence-electron chi connectivity index (χ3n) is 3.20. The van der Waals surface area contributed by atoms with Gasteiger partial charge < -0.3 is 15.7 Å². The van der Waals surface area contributed by atoms with Crippen molar-refractivity contribution in [3.63, 3.8) is 0 Å². The van der Waals surface area contributed by atoms with Gasteiger partial charge in [0.1, 0.15) is 6.54 Å². The van der Waals surface area contributed by atoms with Crippen LogP contribution >= 0.6 is 0 Å². The third-order valence-corrected chi connectivity index (χ3v) is 3.20. The Morgan fingerprint density at radius 1 is 1.39 bits per heavy atom. The first-order valence-electron chi connectivity index (χ1n) is 6.64. The zero-order valence-corrected chi connectivity index (χ0v) is 11.3. The van der Waals surface area contributed by atoms with E-state index in [1.165, 1.54) is 4.90 Å². The Bertz CT molecular complexity index is 301. The number of carbonyl (C=O) groups excluding carboxylic acids is 1. The summed E-state index contributed by atoms with van der Waals surface area (Å²) in [6.45, 7) is 4.73. The van der Waals surface area contributed by atoms with Gasteiger partial charge in [0.15, 0.2) is 0 Å². The molecule has 1 fully saturated rings. The average Bonchev–Trinajstić information content (AvgIpc) is 3.07. The Balaban J connectivity index is 2.61. The predicted molar refractivity (Wildman–Crippen MR) is 68.9 cm³/mol. The van der Waals surface area contributed by atoms with E-state index in [0.717, 1.165) is 19.3 Å². The van der Waals surface area contributed by atoms with Crippen molar-refractivity contribution in [2.75, 3.05) is 19.6 Å². The Labute approximate surface area is 108 Å². The summed E-state index contributed by atoms with van der Waals surface area (Å²) in [6.07, 6.45) is 2.91. The van der Waals surface area contributed by atoms with Gasteiger partial charge in [-0.05, 0) is 31.1 Å². The molecule has 0 aromatic heterocycles. The summed E-state index contributed by atoms with van der Waals surface area (Å²) >= 11 is 0. The van der Waals surface area contributed by atoms with Crippen LogP contribution in [-0.2, 0) is 9.59 Å². The van der Waals surface area contributed by atoms with Crippen LogP contribution in [0.15, 0.2) is 0 Å². The van der Waals surface area contributed by atoms with Gasteiger partial charge in [0.05, 0.1) is 5.92 Å². The van der Waals surface area contributed by atoms with Gasteiger partial charge in [-0.25, -0.2) is 0 Å². The zero-order chi connectivity index (χ0) is 13.7. The molecular weight excluding hydrogens is 232 g/mol. The van der Waals surface area contributed by atoms with Gasteiger partial charge in [0.2, 0.25) is 5.91 Å². The minimum atomic E-state index is -0.954. The normalized spacial score (nSPS) is 16.7. The molecule has 1 rings (SSSR count). The van der Waals surface area contributed by atoms with Crippen molar-refractivity contribution in [2.45, 2.75) is 33.1 Å². The van der Waals surface area contributed by atoms with Crippen molar-refractivity contribution >= 4 is 11.9 Å². The second kappa shape index (κ2) is 6.73. The molecule has 3 N–H and O–H groups in total. The molecule has 0 saturated heterocycles. The average molecular weight is 256 g/mol. The van der Waals surface area contributed by atoms with Crippen LogP contribution in [0.3, 0.4) is 0 Å². The van der Waals surface area contributed by atoms with E-state index in [2.05, 4.69) is 0 Å². The Morgan fingerprint density at radius 2 is 2.00 bits per heavy atom. The van der Waals surface area contributed by atoms with Gasteiger partial charge in [-0.1, -0.05) is 13.8 Å². The molecule has 104 valence electrons. The molecule has 18 heavy (non-hydrogen) atoms. The minimum Gasteiger partial charge on any atom is -0.480 e. The van der Waals surface area contributed by atoms with E-state index >= 15 is 0 Å². The molecule has 5 heteroatoms. The molecule has 0 aliphatic heterocycles. The van der Waals surface area contributed by atoms with Gasteiger partial charge in [-0.15, -0.1) is 0 Å². The molecule has 0 radical (unpaired) electrons. The maximum absolute atomic E-state index is 12.3. The van der Waals surface area contributed by atoms with Crippen LogP contribution < -0.4 is 5.73 Å². The lowest BCUT2D eigenvalue weighted by molar-refractivity contribution is -0.146. The summed E-state index contributed by atoms with van der Waals surface area (Å²) in [5, 5.41) is 8.88. The lowest BCUT2D eigenvalue weighted by atomic mass is 9.95. The lowest BCUT2D eigenvalue weighted by Gasteiger charge is -2.26. The van der Waals surface area contributed by atoms with E-state index in [1.54, 1.807) is 0 Å². The van der Waals surface area contributed by atoms with E-state index in [0.29, 0.717) is 18.4 Å². The summed E-state index contributed by atoms with van der Waals surface area (Å²) in [4.78, 5) is 24.6. The van der Waals surface area contributed by atoms with E-state index in [-0.39, 0.29) is 24.9 Å². The monoisotopic (exact) mass is 256 g/mol. The molecular formula is C13H24N2O3. The smallest absolute Gasteiger partial charge is 0.323 e. The van der Waals surface area contributed by atoms with Gasteiger partial charge >= 0.3 is 5.97 Å². The molecule has 1 aliphatic rings. The predicted octanol–water partition coefficient (Wildman–Crippen LogP) is 0.931. The van der Waals surface area contributed by atoms with E-state index in [1.807, 2.05) is 13.8 Å². The van der Waals surface area contributed by atoms with Crippen LogP contribution in [0.4, 0.5) is 0 Å². The van der Waals surface area contributed by atoms with Crippen LogP contribution in [0.5, 0.6) is 0 Å². The highest BCUT2D eigenvalue weighted by molar-refractivity contribution is 5.83. The van der Waals surface area contributed by atoms with Gasteiger partial charge in [-0.2, -0.15) is 0 Å². The number of aliphatic carboxylic acids is 1. The minimum absolute atomic E-state index is 0.0968. The second-order valence-corrected chi connectivity index (χ2v) is 5.62. The quantitative estimate of drug-likeness (QED) is 0.676. The number of nitrogens with two attached hydrogens (primary N) is 1. The molecule has 1 aliphatic carbocycles. The Kier molecular flexibility index (Phi) is 5.59. The molecule has 0 aromatic rings. The number of nitrogens with zero attached hydrogens (tertiary/aromatic N) is 1. The Hall–Kier alpha value is -1.10. The van der Waals surface area contributed by atoms with Crippen LogP contribution in [0.25, 0.3) is 0 Å². The van der Waals surface area contributed by atoms with Crippen LogP contribution in [0, 0.1) is 17.8 Å². The van der Waals surface area contributed by atoms with E-state index < -0.39 is 5.97 Å². The zero-order valence-electron chi connectivity index (χ0n) is 11.3. The summed E-state index contributed by atoms with van der Waals surface area (Å²) in [6, 6.07) is 0. The first-order valence-corrected chi connectivity index (χ1v) is 6.64. The van der Waals surface area contributed by atoms with Crippen molar-refractivity contribution in [2.24, 2.45) is 23.5 Å². The van der Waals surface area contributed by atoms with E-state index in [4.69, 9.17) is 10.8 Å². The van der Waals surface area contributed by atoms with Crippen molar-refractivity contribution in [3.8, 4) is 0 Å². The summed E-state index contributed by atoms with van der Waals surface area (Å²) < 4.78 is 0. The van der Waals surface area contributed by atoms with Crippen molar-refractivity contribution in [1.82, 2.24) is 4.90 Å². The van der Waals surface area contributed by atoms with Crippen LogP contribution in [0.1, 0.15) is 33.1 Å². The highest BCUT2D eigenvalue weighted by Gasteiger charge is 2.31. The highest BCUT2D eigenvalue weighted by atomic mass is 16.4. The number of carboxylic acids is 1. The Morgan fingerprint density at radius 3 is 2.39 bits per heavy atom. The van der Waals surface area contributed by atoms with E-state index in [9.17, 15) is 9.59 Å². The van der Waals surface area contributed by atoms with Crippen LogP contribution in [-0.4, -0.2) is 41.5 Å². The second-order valence-electron chi connectivity index (χ2n) is 5.62. The first kappa shape index (κ1) is 15.0. The molecule has 1 saturated carbocycles. The molecule has 1 atom stereocenters. The summed E-state index contributed by atoms with van der Waals surface area (Å²) in [7, 11) is 0. The third kappa shape index (κ3) is 5.04. The highest BCUT2D eigenvalue weighted by Crippen LogP contribution is 2.30. The van der Waals surface area contributed by atoms with Gasteiger partial charge in [0, 0.05) is 13.1 Å². The lowest BCUT2D eigenvalue weighted by Crippen LogP contribution is -2.43. The van der Waals surface area contributed by atoms with Gasteiger partial charge in [0.25, 0.3) is 0 Å². The number of carboxylic acid groups (broad SMARTS) is 1. The summed E-state index contributed by atoms with van der Waals surface area (Å²) in [5.74, 6) is -0.422. The van der Waals surface area contributed by atoms with Gasteiger partial charge in [-0.3, -0.25) is 9.59 Å². The fraction of sp³-hybridized carbons (Fsp3) is 0.846. The van der Waals surface area contributed by atoms with Crippen molar-refractivity contribution in [3.05, 3.63) is 0 Å². The molecule has 5 nitrogen and oxygen atoms in total.